The van der Waals surface area contributed by atoms with Gasteiger partial charge >= 0.3 is 10.1 Å². The first-order valence-electron chi connectivity index (χ1n) is 11.1. The second-order valence-electron chi connectivity index (χ2n) is 7.81. The van der Waals surface area contributed by atoms with Crippen LogP contribution in [-0.4, -0.2) is 50.3 Å². The number of anilines is 1. The van der Waals surface area contributed by atoms with Gasteiger partial charge in [-0.3, -0.25) is 19.3 Å². The summed E-state index contributed by atoms with van der Waals surface area (Å²) in [7, 11) is -2.74. The molecule has 0 spiro atoms. The second kappa shape index (κ2) is 11.8. The number of methoxy groups -OCH3 is 1. The van der Waals surface area contributed by atoms with Gasteiger partial charge < -0.3 is 14.2 Å². The highest BCUT2D eigenvalue weighted by atomic mass is 32.2. The highest BCUT2D eigenvalue weighted by Crippen LogP contribution is 2.35. The maximum atomic E-state index is 12.9. The van der Waals surface area contributed by atoms with Gasteiger partial charge in [0, 0.05) is 10.6 Å². The third kappa shape index (κ3) is 6.39. The Morgan fingerprint density at radius 3 is 2.50 bits per heavy atom. The van der Waals surface area contributed by atoms with Gasteiger partial charge in [-0.05, 0) is 72.1 Å². The zero-order valence-electron chi connectivity index (χ0n) is 20.2. The van der Waals surface area contributed by atoms with Crippen LogP contribution in [0.1, 0.15) is 5.56 Å². The van der Waals surface area contributed by atoms with Crippen molar-refractivity contribution >= 4 is 62.5 Å². The lowest BCUT2D eigenvalue weighted by Gasteiger charge is -2.13. The number of thioether (sulfide) groups is 2. The monoisotopic (exact) mass is 570 g/mol. The first-order valence-corrected chi connectivity index (χ1v) is 14.5. The van der Waals surface area contributed by atoms with Crippen molar-refractivity contribution in [3.05, 3.63) is 83.3 Å². The molecule has 1 fully saturated rings. The van der Waals surface area contributed by atoms with Gasteiger partial charge in [-0.15, -0.1) is 11.8 Å². The minimum absolute atomic E-state index is 0.0132. The number of carbonyl (C=O) groups is 3. The third-order valence-electron chi connectivity index (χ3n) is 5.25. The Labute approximate surface area is 228 Å². The summed E-state index contributed by atoms with van der Waals surface area (Å²) in [4.78, 5) is 39.8. The van der Waals surface area contributed by atoms with Gasteiger partial charge in [0.05, 0.1) is 12.0 Å². The molecule has 0 saturated carbocycles. The molecule has 1 N–H and O–H groups in total. The number of amides is 3. The minimum Gasteiger partial charge on any atom is -0.493 e. The van der Waals surface area contributed by atoms with Crippen LogP contribution in [0.4, 0.5) is 10.5 Å². The molecule has 1 heterocycles. The van der Waals surface area contributed by atoms with Gasteiger partial charge in [0.1, 0.15) is 11.4 Å². The van der Waals surface area contributed by atoms with Gasteiger partial charge in [-0.2, -0.15) is 8.42 Å². The number of nitrogens with one attached hydrogen (secondary N) is 1. The van der Waals surface area contributed by atoms with Crippen LogP contribution in [0, 0.1) is 0 Å². The van der Waals surface area contributed by atoms with Crippen LogP contribution in [0.3, 0.4) is 0 Å². The summed E-state index contributed by atoms with van der Waals surface area (Å²) in [5, 5.41) is 2.12. The molecular formula is C26H22N2O7S3. The number of hydrogen-bond donors (Lipinski definition) is 1. The van der Waals surface area contributed by atoms with Crippen LogP contribution in [0.2, 0.25) is 0 Å². The zero-order valence-corrected chi connectivity index (χ0v) is 22.7. The molecule has 0 unspecified atom stereocenters. The number of hydrogen-bond acceptors (Lipinski definition) is 9. The van der Waals surface area contributed by atoms with Gasteiger partial charge in [0.2, 0.25) is 5.91 Å². The molecule has 4 rings (SSSR count). The average molecular weight is 571 g/mol. The fourth-order valence-electron chi connectivity index (χ4n) is 3.43. The normalized spacial score (nSPS) is 14.6. The number of nitrogens with zero attached hydrogens (tertiary/aromatic N) is 1. The van der Waals surface area contributed by atoms with Gasteiger partial charge in [0.25, 0.3) is 11.1 Å². The Kier molecular flexibility index (Phi) is 8.45. The molecule has 12 heteroatoms. The highest BCUT2D eigenvalue weighted by molar-refractivity contribution is 8.18. The lowest BCUT2D eigenvalue weighted by molar-refractivity contribution is -0.127. The molecule has 3 amide bonds. The van der Waals surface area contributed by atoms with Gasteiger partial charge in [-0.25, -0.2) is 0 Å². The SMILES string of the molecule is COc1cc(/C=C2\SC(=O)N(CC(=O)Nc3cccc(SC)c3)C2=O)ccc1OS(=O)(=O)c1ccccc1. The predicted molar refractivity (Wildman–Crippen MR) is 147 cm³/mol. The third-order valence-corrected chi connectivity index (χ3v) is 8.13. The van der Waals surface area contributed by atoms with E-state index in [0.29, 0.717) is 23.0 Å². The molecular weight excluding hydrogens is 548 g/mol. The van der Waals surface area contributed by atoms with E-state index in [1.165, 1.54) is 55.3 Å². The summed E-state index contributed by atoms with van der Waals surface area (Å²) in [5.74, 6) is -1.04. The number of ether oxygens (including phenoxy) is 1. The van der Waals surface area contributed by atoms with Gasteiger partial charge in [-0.1, -0.05) is 30.3 Å². The molecule has 0 atom stereocenters. The topological polar surface area (TPSA) is 119 Å². The highest BCUT2D eigenvalue weighted by Gasteiger charge is 2.36. The van der Waals surface area contributed by atoms with E-state index in [2.05, 4.69) is 5.32 Å². The molecule has 1 aliphatic rings. The summed E-state index contributed by atoms with van der Waals surface area (Å²) in [6.45, 7) is -0.432. The molecule has 3 aromatic carbocycles. The van der Waals surface area contributed by atoms with E-state index in [1.54, 1.807) is 36.4 Å². The maximum absolute atomic E-state index is 12.9. The number of benzene rings is 3. The molecule has 0 aliphatic carbocycles. The quantitative estimate of drug-likeness (QED) is 0.219. The van der Waals surface area contributed by atoms with E-state index in [1.807, 2.05) is 12.3 Å². The van der Waals surface area contributed by atoms with Crippen molar-refractivity contribution in [1.82, 2.24) is 4.90 Å². The van der Waals surface area contributed by atoms with Crippen molar-refractivity contribution in [2.75, 3.05) is 25.2 Å². The first-order chi connectivity index (χ1) is 18.2. The summed E-state index contributed by atoms with van der Waals surface area (Å²) < 4.78 is 35.7. The Bertz CT molecular complexity index is 1520. The molecule has 0 bridgehead atoms. The molecule has 9 nitrogen and oxygen atoms in total. The van der Waals surface area contributed by atoms with Crippen LogP contribution < -0.4 is 14.2 Å². The zero-order chi connectivity index (χ0) is 27.3. The van der Waals surface area contributed by atoms with Crippen LogP contribution in [0.25, 0.3) is 6.08 Å². The van der Waals surface area contributed by atoms with E-state index in [4.69, 9.17) is 8.92 Å². The predicted octanol–water partition coefficient (Wildman–Crippen LogP) is 4.86. The standard InChI is InChI=1S/C26H22N2O7S3/c1-34-22-13-17(11-12-21(22)35-38(32,33)20-9-4-3-5-10-20)14-23-25(30)28(26(31)37-23)16-24(29)27-18-7-6-8-19(15-18)36-2/h3-15H,16H2,1-2H3,(H,27,29)/b23-14-. The second-order valence-corrected chi connectivity index (χ2v) is 11.2. The number of carbonyl (C=O) groups excluding carboxylic acids is 3. The average Bonchev–Trinajstić information content (AvgIpc) is 3.17. The Morgan fingerprint density at radius 2 is 1.79 bits per heavy atom. The molecule has 0 aromatic heterocycles. The Balaban J connectivity index is 1.47. The maximum Gasteiger partial charge on any atom is 0.339 e. The van der Waals surface area contributed by atoms with Crippen LogP contribution >= 0.6 is 23.5 Å². The Hall–Kier alpha value is -3.74. The van der Waals surface area contributed by atoms with E-state index in [9.17, 15) is 22.8 Å². The van der Waals surface area contributed by atoms with Gasteiger partial charge in [0.15, 0.2) is 11.5 Å². The van der Waals surface area contributed by atoms with E-state index >= 15 is 0 Å². The molecule has 3 aromatic rings. The minimum atomic E-state index is -4.09. The summed E-state index contributed by atoms with van der Waals surface area (Å²) in [6.07, 6.45) is 3.37. The molecule has 0 radical (unpaired) electrons. The van der Waals surface area contributed by atoms with E-state index in [0.717, 1.165) is 9.80 Å². The molecule has 1 saturated heterocycles. The summed E-state index contributed by atoms with van der Waals surface area (Å²) in [6, 6.07) is 19.3. The lowest BCUT2D eigenvalue weighted by Crippen LogP contribution is -2.36. The van der Waals surface area contributed by atoms with Crippen molar-refractivity contribution in [3.8, 4) is 11.5 Å². The van der Waals surface area contributed by atoms with Crippen LogP contribution in [-0.2, 0) is 19.7 Å². The summed E-state index contributed by atoms with van der Waals surface area (Å²) >= 11 is 2.23. The largest absolute Gasteiger partial charge is 0.493 e. The van der Waals surface area contributed by atoms with Crippen LogP contribution in [0.5, 0.6) is 11.5 Å². The van der Waals surface area contributed by atoms with Crippen LogP contribution in [0.15, 0.2) is 87.5 Å². The smallest absolute Gasteiger partial charge is 0.339 e. The molecule has 196 valence electrons. The Morgan fingerprint density at radius 1 is 1.03 bits per heavy atom. The first kappa shape index (κ1) is 27.3. The lowest BCUT2D eigenvalue weighted by atomic mass is 10.2. The molecule has 1 aliphatic heterocycles. The fourth-order valence-corrected chi connectivity index (χ4v) is 5.69. The van der Waals surface area contributed by atoms with Crippen molar-refractivity contribution in [2.45, 2.75) is 9.79 Å². The summed E-state index contributed by atoms with van der Waals surface area (Å²) in [5.41, 5.74) is 1.03. The number of imide groups is 1. The van der Waals surface area contributed by atoms with E-state index < -0.39 is 33.7 Å². The molecule has 38 heavy (non-hydrogen) atoms. The van der Waals surface area contributed by atoms with Crippen molar-refractivity contribution in [3.63, 3.8) is 0 Å². The van der Waals surface area contributed by atoms with Crippen molar-refractivity contribution in [1.29, 1.82) is 0 Å². The number of rotatable bonds is 9. The van der Waals surface area contributed by atoms with Crippen molar-refractivity contribution in [2.24, 2.45) is 0 Å². The van der Waals surface area contributed by atoms with E-state index in [-0.39, 0.29) is 21.3 Å². The van der Waals surface area contributed by atoms with Crippen molar-refractivity contribution < 1.29 is 31.7 Å². The fraction of sp³-hybridized carbons (Fsp3) is 0.115.